The van der Waals surface area contributed by atoms with Crippen molar-refractivity contribution in [2.45, 2.75) is 13.8 Å². The molecule has 0 aromatic heterocycles. The Labute approximate surface area is 51.0 Å². The van der Waals surface area contributed by atoms with E-state index in [-0.39, 0.29) is 0 Å². The van der Waals surface area contributed by atoms with E-state index in [2.05, 4.69) is 20.3 Å². The minimum absolute atomic E-state index is 0.468. The third-order valence-electron chi connectivity index (χ3n) is 1.82. The van der Waals surface area contributed by atoms with Gasteiger partial charge in [-0.15, -0.1) is 0 Å². The SMILES string of the molecule is COCC1[CH]C1(C)C. The molecule has 0 spiro atoms. The Kier molecular flexibility index (Phi) is 1.31. The Hall–Kier alpha value is -0.0400. The van der Waals surface area contributed by atoms with E-state index in [1.165, 1.54) is 0 Å². The van der Waals surface area contributed by atoms with Crippen molar-refractivity contribution in [3.63, 3.8) is 0 Å². The molecule has 1 atom stereocenters. The molecule has 0 bridgehead atoms. The lowest BCUT2D eigenvalue weighted by molar-refractivity contribution is 0.176. The summed E-state index contributed by atoms with van der Waals surface area (Å²) in [5, 5.41) is 0. The van der Waals surface area contributed by atoms with Crippen LogP contribution in [0.15, 0.2) is 0 Å². The average Bonchev–Trinajstić information content (AvgIpc) is 2.15. The van der Waals surface area contributed by atoms with Gasteiger partial charge in [-0.05, 0) is 17.8 Å². The summed E-state index contributed by atoms with van der Waals surface area (Å²) in [6, 6.07) is 0. The predicted octanol–water partition coefficient (Wildman–Crippen LogP) is 1.49. The van der Waals surface area contributed by atoms with E-state index in [4.69, 9.17) is 4.74 Å². The summed E-state index contributed by atoms with van der Waals surface area (Å²) in [5.74, 6) is 0.715. The van der Waals surface area contributed by atoms with Crippen molar-refractivity contribution >= 4 is 0 Å². The van der Waals surface area contributed by atoms with E-state index in [1.807, 2.05) is 0 Å². The molecule has 1 radical (unpaired) electrons. The van der Waals surface area contributed by atoms with E-state index < -0.39 is 0 Å². The van der Waals surface area contributed by atoms with Gasteiger partial charge in [-0.3, -0.25) is 0 Å². The standard InChI is InChI=1S/C7H13O/c1-7(2)4-6(7)5-8-3/h4,6H,5H2,1-3H3. The Balaban J connectivity index is 2.17. The lowest BCUT2D eigenvalue weighted by Crippen LogP contribution is -1.97. The van der Waals surface area contributed by atoms with Gasteiger partial charge in [0, 0.05) is 13.7 Å². The fourth-order valence-corrected chi connectivity index (χ4v) is 0.913. The van der Waals surface area contributed by atoms with E-state index in [0.717, 1.165) is 6.61 Å². The molecule has 0 aromatic carbocycles. The van der Waals surface area contributed by atoms with Crippen molar-refractivity contribution in [3.8, 4) is 0 Å². The molecule has 1 aliphatic carbocycles. The van der Waals surface area contributed by atoms with Crippen LogP contribution in [-0.4, -0.2) is 13.7 Å². The average molecular weight is 113 g/mol. The molecule has 1 nitrogen and oxygen atoms in total. The summed E-state index contributed by atoms with van der Waals surface area (Å²) in [6.07, 6.45) is 2.32. The monoisotopic (exact) mass is 113 g/mol. The van der Waals surface area contributed by atoms with Crippen LogP contribution in [0.3, 0.4) is 0 Å². The van der Waals surface area contributed by atoms with Crippen LogP contribution in [-0.2, 0) is 4.74 Å². The number of hydrogen-bond donors (Lipinski definition) is 0. The van der Waals surface area contributed by atoms with Crippen LogP contribution >= 0.6 is 0 Å². The van der Waals surface area contributed by atoms with Crippen molar-refractivity contribution in [2.75, 3.05) is 13.7 Å². The molecule has 1 unspecified atom stereocenters. The molecule has 0 aliphatic heterocycles. The van der Waals surface area contributed by atoms with Gasteiger partial charge in [-0.25, -0.2) is 0 Å². The predicted molar refractivity (Wildman–Crippen MR) is 33.4 cm³/mol. The van der Waals surface area contributed by atoms with Crippen molar-refractivity contribution in [1.82, 2.24) is 0 Å². The first kappa shape index (κ1) is 6.09. The van der Waals surface area contributed by atoms with Crippen LogP contribution in [0.2, 0.25) is 0 Å². The third-order valence-corrected chi connectivity index (χ3v) is 1.82. The Morgan fingerprint density at radius 1 is 1.62 bits per heavy atom. The van der Waals surface area contributed by atoms with Crippen molar-refractivity contribution in [1.29, 1.82) is 0 Å². The quantitative estimate of drug-likeness (QED) is 0.527. The largest absolute Gasteiger partial charge is 0.384 e. The van der Waals surface area contributed by atoms with Crippen LogP contribution in [0.1, 0.15) is 13.8 Å². The lowest BCUT2D eigenvalue weighted by atomic mass is 10.1. The van der Waals surface area contributed by atoms with Crippen LogP contribution in [0.5, 0.6) is 0 Å². The van der Waals surface area contributed by atoms with Gasteiger partial charge in [-0.1, -0.05) is 13.8 Å². The maximum Gasteiger partial charge on any atom is 0.0498 e. The molecule has 1 heteroatoms. The normalized spacial score (nSPS) is 32.6. The highest BCUT2D eigenvalue weighted by atomic mass is 16.5. The Morgan fingerprint density at radius 2 is 2.12 bits per heavy atom. The van der Waals surface area contributed by atoms with Crippen molar-refractivity contribution in [2.24, 2.45) is 11.3 Å². The van der Waals surface area contributed by atoms with Gasteiger partial charge in [0.1, 0.15) is 0 Å². The van der Waals surface area contributed by atoms with Crippen LogP contribution < -0.4 is 0 Å². The zero-order chi connectivity index (χ0) is 6.20. The molecule has 1 aliphatic rings. The molecule has 8 heavy (non-hydrogen) atoms. The number of rotatable bonds is 2. The van der Waals surface area contributed by atoms with Gasteiger partial charge in [-0.2, -0.15) is 0 Å². The maximum atomic E-state index is 4.97. The van der Waals surface area contributed by atoms with Crippen LogP contribution in [0.4, 0.5) is 0 Å². The highest BCUT2D eigenvalue weighted by Gasteiger charge is 2.45. The van der Waals surface area contributed by atoms with Crippen LogP contribution in [0.25, 0.3) is 0 Å². The molecule has 1 fully saturated rings. The summed E-state index contributed by atoms with van der Waals surface area (Å²) in [7, 11) is 1.75. The molecule has 0 amide bonds. The third kappa shape index (κ3) is 1.03. The molecule has 0 aromatic rings. The molecule has 1 saturated carbocycles. The second-order valence-electron chi connectivity index (χ2n) is 3.05. The Morgan fingerprint density at radius 3 is 2.25 bits per heavy atom. The molecule has 0 heterocycles. The highest BCUT2D eigenvalue weighted by Crippen LogP contribution is 2.50. The number of hydrogen-bond acceptors (Lipinski definition) is 1. The summed E-state index contributed by atoms with van der Waals surface area (Å²) in [6.45, 7) is 5.36. The molecule has 0 saturated heterocycles. The molecule has 0 N–H and O–H groups in total. The smallest absolute Gasteiger partial charge is 0.0498 e. The van der Waals surface area contributed by atoms with Gasteiger partial charge in [0.25, 0.3) is 0 Å². The number of ether oxygens (including phenoxy) is 1. The van der Waals surface area contributed by atoms with Gasteiger partial charge < -0.3 is 4.74 Å². The van der Waals surface area contributed by atoms with E-state index in [9.17, 15) is 0 Å². The van der Waals surface area contributed by atoms with Crippen molar-refractivity contribution < 1.29 is 4.74 Å². The zero-order valence-electron chi connectivity index (χ0n) is 5.77. The summed E-state index contributed by atoms with van der Waals surface area (Å²) in [5.41, 5.74) is 0.468. The van der Waals surface area contributed by atoms with E-state index >= 15 is 0 Å². The highest BCUT2D eigenvalue weighted by molar-refractivity contribution is 5.13. The van der Waals surface area contributed by atoms with E-state index in [0.29, 0.717) is 11.3 Å². The van der Waals surface area contributed by atoms with Gasteiger partial charge in [0.05, 0.1) is 0 Å². The fraction of sp³-hybridized carbons (Fsp3) is 0.857. The molecule has 1 rings (SSSR count). The zero-order valence-corrected chi connectivity index (χ0v) is 5.77. The summed E-state index contributed by atoms with van der Waals surface area (Å²) < 4.78 is 4.97. The van der Waals surface area contributed by atoms with Gasteiger partial charge in [0.15, 0.2) is 0 Å². The fourth-order valence-electron chi connectivity index (χ4n) is 0.913. The van der Waals surface area contributed by atoms with Gasteiger partial charge in [0.2, 0.25) is 0 Å². The topological polar surface area (TPSA) is 9.23 Å². The maximum absolute atomic E-state index is 4.97. The second kappa shape index (κ2) is 1.73. The first-order chi connectivity index (χ1) is 3.67. The second-order valence-corrected chi connectivity index (χ2v) is 3.05. The molecule has 47 valence electrons. The first-order valence-electron chi connectivity index (χ1n) is 3.02. The molecular formula is C7H13O. The summed E-state index contributed by atoms with van der Waals surface area (Å²) in [4.78, 5) is 0. The Bertz CT molecular complexity index is 86.4. The van der Waals surface area contributed by atoms with Crippen LogP contribution in [0, 0.1) is 17.8 Å². The van der Waals surface area contributed by atoms with Crippen molar-refractivity contribution in [3.05, 3.63) is 6.42 Å². The minimum atomic E-state index is 0.468. The first-order valence-corrected chi connectivity index (χ1v) is 3.02. The molecular weight excluding hydrogens is 100 g/mol. The van der Waals surface area contributed by atoms with E-state index in [1.54, 1.807) is 7.11 Å². The van der Waals surface area contributed by atoms with Gasteiger partial charge >= 0.3 is 0 Å². The number of methoxy groups -OCH3 is 1. The minimum Gasteiger partial charge on any atom is -0.384 e. The lowest BCUT2D eigenvalue weighted by Gasteiger charge is -1.98. The summed E-state index contributed by atoms with van der Waals surface area (Å²) >= 11 is 0.